The van der Waals surface area contributed by atoms with Gasteiger partial charge >= 0.3 is 0 Å². The van der Waals surface area contributed by atoms with Crippen LogP contribution in [0.3, 0.4) is 0 Å². The third-order valence-corrected chi connectivity index (χ3v) is 5.29. The normalized spacial score (nSPS) is 10.8. The number of para-hydroxylation sites is 2. The Morgan fingerprint density at radius 1 is 0.970 bits per heavy atom. The predicted octanol–water partition coefficient (Wildman–Crippen LogP) is 6.12. The number of anilines is 1. The number of ether oxygens (including phenoxy) is 1. The first kappa shape index (κ1) is 22.4. The monoisotopic (exact) mass is 455 g/mol. The van der Waals surface area contributed by atoms with Crippen LogP contribution in [0.25, 0.3) is 22.2 Å². The maximum atomic E-state index is 13.2. The highest BCUT2D eigenvalue weighted by atomic mass is 32.1. The second-order valence-corrected chi connectivity index (χ2v) is 8.40. The van der Waals surface area contributed by atoms with Gasteiger partial charge in [0.2, 0.25) is 0 Å². The molecule has 0 saturated heterocycles. The van der Waals surface area contributed by atoms with Crippen molar-refractivity contribution in [3.05, 3.63) is 90.0 Å². The van der Waals surface area contributed by atoms with Crippen molar-refractivity contribution in [1.82, 2.24) is 10.3 Å². The molecule has 1 amide bonds. The molecule has 4 rings (SSSR count). The number of rotatable bonds is 5. The molecule has 166 valence electrons. The third-order valence-electron chi connectivity index (χ3n) is 5.08. The summed E-state index contributed by atoms with van der Waals surface area (Å²) in [5.74, 6) is 0.461. The minimum absolute atomic E-state index is 0.0629. The van der Waals surface area contributed by atoms with Gasteiger partial charge in [-0.05, 0) is 68.9 Å². The molecular weight excluding hydrogens is 430 g/mol. The van der Waals surface area contributed by atoms with Crippen LogP contribution < -0.4 is 15.4 Å². The highest BCUT2D eigenvalue weighted by molar-refractivity contribution is 7.80. The second-order valence-electron chi connectivity index (χ2n) is 7.99. The molecule has 0 aliphatic heterocycles. The lowest BCUT2D eigenvalue weighted by Crippen LogP contribution is -2.34. The summed E-state index contributed by atoms with van der Waals surface area (Å²) in [6.45, 7) is 5.95. The SMILES string of the molecule is Cc1ccccc1NC(=S)NC(=O)c1cc(-c2cccc(OC(C)C)c2)nc2ccccc12. The maximum absolute atomic E-state index is 13.2. The summed E-state index contributed by atoms with van der Waals surface area (Å²) in [6, 6.07) is 24.9. The molecule has 2 N–H and O–H groups in total. The zero-order valence-corrected chi connectivity index (χ0v) is 19.6. The molecule has 3 aromatic carbocycles. The first-order valence-corrected chi connectivity index (χ1v) is 11.2. The standard InChI is InChI=1S/C27H25N3O2S/c1-17(2)32-20-11-8-10-19(15-20)25-16-22(21-12-5-7-14-24(21)28-25)26(31)30-27(33)29-23-13-6-4-9-18(23)3/h4-17H,1-3H3,(H2,29,30,31,33). The smallest absolute Gasteiger partial charge is 0.258 e. The van der Waals surface area contributed by atoms with E-state index in [4.69, 9.17) is 21.9 Å². The van der Waals surface area contributed by atoms with Crippen molar-refractivity contribution in [3.8, 4) is 17.0 Å². The quantitative estimate of drug-likeness (QED) is 0.355. The summed E-state index contributed by atoms with van der Waals surface area (Å²) in [5, 5.41) is 6.90. The van der Waals surface area contributed by atoms with Crippen LogP contribution in [0.1, 0.15) is 29.8 Å². The van der Waals surface area contributed by atoms with Gasteiger partial charge in [0.1, 0.15) is 5.75 Å². The van der Waals surface area contributed by atoms with Gasteiger partial charge in [-0.2, -0.15) is 0 Å². The van der Waals surface area contributed by atoms with E-state index in [1.54, 1.807) is 6.07 Å². The van der Waals surface area contributed by atoms with Crippen molar-refractivity contribution in [1.29, 1.82) is 0 Å². The molecule has 33 heavy (non-hydrogen) atoms. The molecule has 1 aromatic heterocycles. The lowest BCUT2D eigenvalue weighted by Gasteiger charge is -2.14. The van der Waals surface area contributed by atoms with Crippen LogP contribution in [0.2, 0.25) is 0 Å². The van der Waals surface area contributed by atoms with E-state index in [0.717, 1.165) is 33.5 Å². The third kappa shape index (κ3) is 5.35. The number of nitrogens with zero attached hydrogens (tertiary/aromatic N) is 1. The molecule has 0 fully saturated rings. The Labute approximate surface area is 198 Å². The number of aromatic nitrogens is 1. The zero-order valence-electron chi connectivity index (χ0n) is 18.8. The van der Waals surface area contributed by atoms with Gasteiger partial charge in [0.25, 0.3) is 5.91 Å². The van der Waals surface area contributed by atoms with Crippen LogP contribution in [-0.2, 0) is 0 Å². The predicted molar refractivity (Wildman–Crippen MR) is 138 cm³/mol. The Morgan fingerprint density at radius 3 is 2.52 bits per heavy atom. The highest BCUT2D eigenvalue weighted by Gasteiger charge is 2.16. The average molecular weight is 456 g/mol. The van der Waals surface area contributed by atoms with Gasteiger partial charge in [0, 0.05) is 16.6 Å². The van der Waals surface area contributed by atoms with Gasteiger partial charge in [-0.1, -0.05) is 48.5 Å². The van der Waals surface area contributed by atoms with Crippen molar-refractivity contribution in [2.45, 2.75) is 26.9 Å². The van der Waals surface area contributed by atoms with E-state index in [1.165, 1.54) is 0 Å². The number of amides is 1. The number of benzene rings is 3. The van der Waals surface area contributed by atoms with E-state index in [-0.39, 0.29) is 17.1 Å². The van der Waals surface area contributed by atoms with Crippen LogP contribution >= 0.6 is 12.2 Å². The minimum atomic E-state index is -0.296. The number of thiocarbonyl (C=S) groups is 1. The molecule has 1 heterocycles. The number of pyridine rings is 1. The van der Waals surface area contributed by atoms with Crippen LogP contribution in [0, 0.1) is 6.92 Å². The summed E-state index contributed by atoms with van der Waals surface area (Å²) in [7, 11) is 0. The van der Waals surface area contributed by atoms with Crippen LogP contribution in [0.5, 0.6) is 5.75 Å². The molecule has 6 heteroatoms. The zero-order chi connectivity index (χ0) is 23.4. The minimum Gasteiger partial charge on any atom is -0.491 e. The number of carbonyl (C=O) groups is 1. The number of hydrogen-bond donors (Lipinski definition) is 2. The molecule has 0 aliphatic carbocycles. The summed E-state index contributed by atoms with van der Waals surface area (Å²) in [5.41, 5.74) is 4.67. The Kier molecular flexibility index (Phi) is 6.66. The average Bonchev–Trinajstić information content (AvgIpc) is 2.79. The molecule has 0 saturated carbocycles. The van der Waals surface area contributed by atoms with Crippen LogP contribution in [0.4, 0.5) is 5.69 Å². The number of nitrogens with one attached hydrogen (secondary N) is 2. The first-order valence-electron chi connectivity index (χ1n) is 10.8. The van der Waals surface area contributed by atoms with Crippen LogP contribution in [0.15, 0.2) is 78.9 Å². The summed E-state index contributed by atoms with van der Waals surface area (Å²) < 4.78 is 5.83. The summed E-state index contributed by atoms with van der Waals surface area (Å²) in [4.78, 5) is 18.0. The molecule has 5 nitrogen and oxygen atoms in total. The van der Waals surface area contributed by atoms with Crippen molar-refractivity contribution in [3.63, 3.8) is 0 Å². The maximum Gasteiger partial charge on any atom is 0.258 e. The van der Waals surface area contributed by atoms with Gasteiger partial charge in [-0.25, -0.2) is 4.98 Å². The highest BCUT2D eigenvalue weighted by Crippen LogP contribution is 2.27. The number of hydrogen-bond acceptors (Lipinski definition) is 4. The fraction of sp³-hybridized carbons (Fsp3) is 0.148. The molecule has 0 bridgehead atoms. The van der Waals surface area contributed by atoms with Crippen LogP contribution in [-0.4, -0.2) is 22.1 Å². The molecule has 0 aliphatic rings. The fourth-order valence-corrected chi connectivity index (χ4v) is 3.75. The topological polar surface area (TPSA) is 63.2 Å². The Morgan fingerprint density at radius 2 is 1.73 bits per heavy atom. The van der Waals surface area contributed by atoms with E-state index in [9.17, 15) is 4.79 Å². The Hall–Kier alpha value is -3.77. The number of carbonyl (C=O) groups excluding carboxylic acids is 1. The van der Waals surface area contributed by atoms with Gasteiger partial charge in [0.15, 0.2) is 5.11 Å². The first-order chi connectivity index (χ1) is 15.9. The van der Waals surface area contributed by atoms with Crippen molar-refractivity contribution in [2.75, 3.05) is 5.32 Å². The van der Waals surface area contributed by atoms with Gasteiger partial charge in [0.05, 0.1) is 22.9 Å². The van der Waals surface area contributed by atoms with E-state index >= 15 is 0 Å². The largest absolute Gasteiger partial charge is 0.491 e. The number of fused-ring (bicyclic) bond motifs is 1. The molecule has 0 spiro atoms. The van der Waals surface area contributed by atoms with E-state index < -0.39 is 0 Å². The molecule has 0 radical (unpaired) electrons. The van der Waals surface area contributed by atoms with E-state index in [1.807, 2.05) is 93.6 Å². The molecule has 0 atom stereocenters. The Bertz CT molecular complexity index is 1330. The van der Waals surface area contributed by atoms with Crippen molar-refractivity contribution in [2.24, 2.45) is 0 Å². The van der Waals surface area contributed by atoms with E-state index in [0.29, 0.717) is 11.3 Å². The summed E-state index contributed by atoms with van der Waals surface area (Å²) >= 11 is 5.40. The lowest BCUT2D eigenvalue weighted by molar-refractivity contribution is 0.0979. The number of aryl methyl sites for hydroxylation is 1. The van der Waals surface area contributed by atoms with Crippen molar-refractivity contribution < 1.29 is 9.53 Å². The summed E-state index contributed by atoms with van der Waals surface area (Å²) in [6.07, 6.45) is 0.0629. The molecule has 4 aromatic rings. The van der Waals surface area contributed by atoms with Gasteiger partial charge in [-0.15, -0.1) is 0 Å². The fourth-order valence-electron chi connectivity index (χ4n) is 3.55. The molecule has 0 unspecified atom stereocenters. The van der Waals surface area contributed by atoms with Gasteiger partial charge in [-0.3, -0.25) is 10.1 Å². The Balaban J connectivity index is 1.66. The van der Waals surface area contributed by atoms with Crippen molar-refractivity contribution >= 4 is 39.8 Å². The molecular formula is C27H25N3O2S. The van der Waals surface area contributed by atoms with Gasteiger partial charge < -0.3 is 10.1 Å². The second kappa shape index (κ2) is 9.79. The lowest BCUT2D eigenvalue weighted by atomic mass is 10.0. The van der Waals surface area contributed by atoms with E-state index in [2.05, 4.69) is 10.6 Å².